The molecule has 0 aromatic rings. The lowest BCUT2D eigenvalue weighted by Crippen LogP contribution is -2.12. The van der Waals surface area contributed by atoms with Crippen molar-refractivity contribution in [1.82, 2.24) is 0 Å². The van der Waals surface area contributed by atoms with Gasteiger partial charge in [-0.2, -0.15) is 0 Å². The zero-order valence-electron chi connectivity index (χ0n) is 6.84. The molecular weight excluding hydrogens is 124 g/mol. The van der Waals surface area contributed by atoms with Crippen LogP contribution in [0, 0.1) is 11.8 Å². The number of hydrogen-bond donors (Lipinski definition) is 0. The molecule has 0 heterocycles. The summed E-state index contributed by atoms with van der Waals surface area (Å²) in [6, 6.07) is 0. The molecule has 0 saturated carbocycles. The van der Waals surface area contributed by atoms with E-state index in [0.717, 1.165) is 12.5 Å². The van der Waals surface area contributed by atoms with Gasteiger partial charge in [0.25, 0.3) is 0 Å². The molecule has 0 N–H and O–H groups in total. The molecule has 0 amide bonds. The lowest BCUT2D eigenvalue weighted by Gasteiger charge is -2.20. The molecule has 0 radical (unpaired) electrons. The van der Waals surface area contributed by atoms with Gasteiger partial charge in [-0.05, 0) is 18.8 Å². The van der Waals surface area contributed by atoms with E-state index in [9.17, 15) is 0 Å². The van der Waals surface area contributed by atoms with Crippen LogP contribution in [0.4, 0.5) is 0 Å². The van der Waals surface area contributed by atoms with Gasteiger partial charge in [0.1, 0.15) is 0 Å². The van der Waals surface area contributed by atoms with Crippen molar-refractivity contribution in [2.24, 2.45) is 11.8 Å². The normalized spacial score (nSPS) is 32.6. The molecule has 0 aromatic carbocycles. The molecule has 2 atom stereocenters. The van der Waals surface area contributed by atoms with Crippen molar-refractivity contribution in [3.05, 3.63) is 12.2 Å². The fourth-order valence-electron chi connectivity index (χ4n) is 1.53. The maximum Gasteiger partial charge on any atom is 0.0525 e. The van der Waals surface area contributed by atoms with E-state index in [-0.39, 0.29) is 0 Å². The second kappa shape index (κ2) is 3.77. The summed E-state index contributed by atoms with van der Waals surface area (Å²) in [7, 11) is 1.77. The first-order valence-electron chi connectivity index (χ1n) is 3.98. The van der Waals surface area contributed by atoms with Crippen molar-refractivity contribution in [3.8, 4) is 0 Å². The van der Waals surface area contributed by atoms with E-state index in [0.29, 0.717) is 5.92 Å². The van der Waals surface area contributed by atoms with Gasteiger partial charge in [0, 0.05) is 13.0 Å². The Morgan fingerprint density at radius 2 is 2.40 bits per heavy atom. The Labute approximate surface area is 63.1 Å². The summed E-state index contributed by atoms with van der Waals surface area (Å²) in [6.45, 7) is 3.19. The van der Waals surface area contributed by atoms with Gasteiger partial charge in [0.2, 0.25) is 0 Å². The molecule has 1 heteroatoms. The molecule has 0 bridgehead atoms. The third-order valence-corrected chi connectivity index (χ3v) is 2.03. The largest absolute Gasteiger partial charge is 0.384 e. The van der Waals surface area contributed by atoms with Crippen molar-refractivity contribution in [1.29, 1.82) is 0 Å². The topological polar surface area (TPSA) is 9.23 Å². The summed E-state index contributed by atoms with van der Waals surface area (Å²) in [5.74, 6) is 1.53. The van der Waals surface area contributed by atoms with Crippen LogP contribution in [0.1, 0.15) is 19.8 Å². The van der Waals surface area contributed by atoms with Crippen LogP contribution in [0.5, 0.6) is 0 Å². The minimum Gasteiger partial charge on any atom is -0.384 e. The summed E-state index contributed by atoms with van der Waals surface area (Å²) in [6.07, 6.45) is 7.10. The van der Waals surface area contributed by atoms with Crippen LogP contribution in [-0.2, 0) is 4.74 Å². The third kappa shape index (κ3) is 2.14. The number of allylic oxidation sites excluding steroid dienone is 1. The lowest BCUT2D eigenvalue weighted by atomic mass is 9.88. The zero-order chi connectivity index (χ0) is 7.40. The highest BCUT2D eigenvalue weighted by Crippen LogP contribution is 2.22. The van der Waals surface area contributed by atoms with Crippen molar-refractivity contribution in [2.45, 2.75) is 19.8 Å². The third-order valence-electron chi connectivity index (χ3n) is 2.03. The van der Waals surface area contributed by atoms with E-state index in [1.807, 2.05) is 0 Å². The average molecular weight is 140 g/mol. The molecule has 0 saturated heterocycles. The highest BCUT2D eigenvalue weighted by atomic mass is 16.5. The van der Waals surface area contributed by atoms with Crippen molar-refractivity contribution >= 4 is 0 Å². The maximum atomic E-state index is 5.08. The Hall–Kier alpha value is -0.300. The van der Waals surface area contributed by atoms with Gasteiger partial charge in [-0.1, -0.05) is 19.1 Å². The predicted octanol–water partition coefficient (Wildman–Crippen LogP) is 2.24. The maximum absolute atomic E-state index is 5.08. The second-order valence-corrected chi connectivity index (χ2v) is 3.22. The molecule has 58 valence electrons. The van der Waals surface area contributed by atoms with E-state index in [1.165, 1.54) is 12.8 Å². The molecule has 1 nitrogen and oxygen atoms in total. The summed E-state index contributed by atoms with van der Waals surface area (Å²) >= 11 is 0. The molecular formula is C9H16O. The van der Waals surface area contributed by atoms with Crippen LogP contribution in [-0.4, -0.2) is 13.7 Å². The molecule has 10 heavy (non-hydrogen) atoms. The Morgan fingerprint density at radius 3 is 3.00 bits per heavy atom. The molecule has 1 aliphatic rings. The molecule has 2 unspecified atom stereocenters. The number of methoxy groups -OCH3 is 1. The fraction of sp³-hybridized carbons (Fsp3) is 0.778. The molecule has 1 aliphatic carbocycles. The Kier molecular flexibility index (Phi) is 2.94. The van der Waals surface area contributed by atoms with Crippen LogP contribution in [0.25, 0.3) is 0 Å². The van der Waals surface area contributed by atoms with E-state index in [1.54, 1.807) is 7.11 Å². The number of hydrogen-bond acceptors (Lipinski definition) is 1. The van der Waals surface area contributed by atoms with E-state index in [2.05, 4.69) is 19.1 Å². The Balaban J connectivity index is 2.32. The van der Waals surface area contributed by atoms with Crippen LogP contribution >= 0.6 is 0 Å². The molecule has 0 fully saturated rings. The fourth-order valence-corrected chi connectivity index (χ4v) is 1.53. The highest BCUT2D eigenvalue weighted by Gasteiger charge is 2.12. The molecule has 0 spiro atoms. The average Bonchev–Trinajstić information content (AvgIpc) is 1.88. The second-order valence-electron chi connectivity index (χ2n) is 3.22. The van der Waals surface area contributed by atoms with Gasteiger partial charge in [-0.15, -0.1) is 0 Å². The van der Waals surface area contributed by atoms with E-state index in [4.69, 9.17) is 4.74 Å². The van der Waals surface area contributed by atoms with E-state index < -0.39 is 0 Å². The van der Waals surface area contributed by atoms with Crippen LogP contribution in [0.15, 0.2) is 12.2 Å². The van der Waals surface area contributed by atoms with Gasteiger partial charge in [0.15, 0.2) is 0 Å². The number of rotatable bonds is 2. The van der Waals surface area contributed by atoms with Gasteiger partial charge in [0.05, 0.1) is 6.61 Å². The highest BCUT2D eigenvalue weighted by molar-refractivity contribution is 4.94. The van der Waals surface area contributed by atoms with E-state index >= 15 is 0 Å². The molecule has 0 aliphatic heterocycles. The SMILES string of the molecule is COCC1C=CCC(C)C1. The van der Waals surface area contributed by atoms with Crippen LogP contribution < -0.4 is 0 Å². The standard InChI is InChI=1S/C9H16O/c1-8-4-3-5-9(6-8)7-10-2/h3,5,8-9H,4,6-7H2,1-2H3. The quantitative estimate of drug-likeness (QED) is 0.534. The minimum absolute atomic E-state index is 0.675. The lowest BCUT2D eigenvalue weighted by molar-refractivity contribution is 0.156. The summed E-state index contributed by atoms with van der Waals surface area (Å²) in [4.78, 5) is 0. The van der Waals surface area contributed by atoms with Crippen molar-refractivity contribution in [2.75, 3.05) is 13.7 Å². The van der Waals surface area contributed by atoms with Gasteiger partial charge < -0.3 is 4.74 Å². The Bertz CT molecular complexity index is 118. The first-order valence-corrected chi connectivity index (χ1v) is 3.98. The first-order chi connectivity index (χ1) is 4.83. The Morgan fingerprint density at radius 1 is 1.60 bits per heavy atom. The van der Waals surface area contributed by atoms with Gasteiger partial charge in [-0.3, -0.25) is 0 Å². The van der Waals surface area contributed by atoms with Gasteiger partial charge in [-0.25, -0.2) is 0 Å². The molecule has 0 aromatic heterocycles. The van der Waals surface area contributed by atoms with Crippen molar-refractivity contribution < 1.29 is 4.74 Å². The predicted molar refractivity (Wildman–Crippen MR) is 42.9 cm³/mol. The first kappa shape index (κ1) is 7.80. The smallest absolute Gasteiger partial charge is 0.0525 e. The monoisotopic (exact) mass is 140 g/mol. The molecule has 1 rings (SSSR count). The zero-order valence-corrected chi connectivity index (χ0v) is 6.84. The van der Waals surface area contributed by atoms with Crippen LogP contribution in [0.3, 0.4) is 0 Å². The number of ether oxygens (including phenoxy) is 1. The van der Waals surface area contributed by atoms with Crippen LogP contribution in [0.2, 0.25) is 0 Å². The summed E-state index contributed by atoms with van der Waals surface area (Å²) < 4.78 is 5.08. The van der Waals surface area contributed by atoms with Crippen molar-refractivity contribution in [3.63, 3.8) is 0 Å². The minimum atomic E-state index is 0.675. The summed E-state index contributed by atoms with van der Waals surface area (Å²) in [5.41, 5.74) is 0. The van der Waals surface area contributed by atoms with Gasteiger partial charge >= 0.3 is 0 Å². The summed E-state index contributed by atoms with van der Waals surface area (Å²) in [5, 5.41) is 0.